The zero-order valence-electron chi connectivity index (χ0n) is 14.1. The molecule has 2 aromatic rings. The van der Waals surface area contributed by atoms with E-state index in [0.717, 1.165) is 30.3 Å². The third-order valence-corrected chi connectivity index (χ3v) is 3.43. The van der Waals surface area contributed by atoms with E-state index in [1.165, 1.54) is 11.1 Å². The molecule has 0 unspecified atom stereocenters. The Labute approximate surface area is 138 Å². The molecule has 0 saturated carbocycles. The number of ether oxygens (including phenoxy) is 3. The first-order chi connectivity index (χ1) is 11.3. The summed E-state index contributed by atoms with van der Waals surface area (Å²) in [7, 11) is 1.68. The molecule has 2 aromatic carbocycles. The number of methoxy groups -OCH3 is 1. The van der Waals surface area contributed by atoms with E-state index < -0.39 is 0 Å². The van der Waals surface area contributed by atoms with Crippen LogP contribution in [0.4, 0.5) is 0 Å². The summed E-state index contributed by atoms with van der Waals surface area (Å²) in [5.41, 5.74) is 2.40. The molecular formula is C19H25NO3. The van der Waals surface area contributed by atoms with Crippen LogP contribution in [0.15, 0.2) is 42.5 Å². The van der Waals surface area contributed by atoms with Gasteiger partial charge in [0.2, 0.25) is 0 Å². The molecular weight excluding hydrogens is 290 g/mol. The lowest BCUT2D eigenvalue weighted by atomic mass is 10.2. The first-order valence-corrected chi connectivity index (χ1v) is 7.99. The highest BCUT2D eigenvalue weighted by Gasteiger charge is 2.06. The molecule has 0 bridgehead atoms. The van der Waals surface area contributed by atoms with Crippen molar-refractivity contribution >= 4 is 0 Å². The van der Waals surface area contributed by atoms with Crippen LogP contribution in [0.1, 0.15) is 25.0 Å². The summed E-state index contributed by atoms with van der Waals surface area (Å²) in [6.07, 6.45) is 0. The number of hydrogen-bond acceptors (Lipinski definition) is 4. The lowest BCUT2D eigenvalue weighted by molar-refractivity contribution is 0.287. The molecule has 0 aromatic heterocycles. The van der Waals surface area contributed by atoms with Gasteiger partial charge in [-0.05, 0) is 49.2 Å². The van der Waals surface area contributed by atoms with Crippen LogP contribution in [0, 0.1) is 0 Å². The average Bonchev–Trinajstić information content (AvgIpc) is 2.58. The van der Waals surface area contributed by atoms with Crippen molar-refractivity contribution in [2.24, 2.45) is 0 Å². The molecule has 4 nitrogen and oxygen atoms in total. The monoisotopic (exact) mass is 315 g/mol. The maximum absolute atomic E-state index is 5.65. The maximum Gasteiger partial charge on any atom is 0.161 e. The van der Waals surface area contributed by atoms with Crippen molar-refractivity contribution in [2.45, 2.75) is 26.9 Å². The van der Waals surface area contributed by atoms with E-state index >= 15 is 0 Å². The predicted molar refractivity (Wildman–Crippen MR) is 92.3 cm³/mol. The van der Waals surface area contributed by atoms with Crippen molar-refractivity contribution in [2.75, 3.05) is 20.3 Å². The highest BCUT2D eigenvalue weighted by molar-refractivity contribution is 5.43. The van der Waals surface area contributed by atoms with Gasteiger partial charge in [0.05, 0.1) is 20.3 Å². The maximum atomic E-state index is 5.65. The molecule has 0 heterocycles. The van der Waals surface area contributed by atoms with Gasteiger partial charge in [0, 0.05) is 13.1 Å². The Morgan fingerprint density at radius 2 is 1.39 bits per heavy atom. The summed E-state index contributed by atoms with van der Waals surface area (Å²) >= 11 is 0. The van der Waals surface area contributed by atoms with Crippen molar-refractivity contribution in [1.29, 1.82) is 0 Å². The molecule has 0 aliphatic heterocycles. The number of hydrogen-bond donors (Lipinski definition) is 1. The SMILES string of the molecule is CCOc1ccc(CNCc2ccc(OC)cc2)cc1OCC. The van der Waals surface area contributed by atoms with Crippen molar-refractivity contribution < 1.29 is 14.2 Å². The molecule has 1 N–H and O–H groups in total. The molecule has 4 heteroatoms. The molecule has 124 valence electrons. The van der Waals surface area contributed by atoms with Crippen molar-refractivity contribution in [3.05, 3.63) is 53.6 Å². The van der Waals surface area contributed by atoms with Crippen LogP contribution in [0.5, 0.6) is 17.2 Å². The van der Waals surface area contributed by atoms with Crippen molar-refractivity contribution in [3.8, 4) is 17.2 Å². The van der Waals surface area contributed by atoms with Crippen LogP contribution in [-0.2, 0) is 13.1 Å². The minimum Gasteiger partial charge on any atom is -0.497 e. The van der Waals surface area contributed by atoms with Crippen LogP contribution >= 0.6 is 0 Å². The minimum atomic E-state index is 0.628. The van der Waals surface area contributed by atoms with Gasteiger partial charge in [-0.15, -0.1) is 0 Å². The Hall–Kier alpha value is -2.20. The molecule has 0 fully saturated rings. The second-order valence-corrected chi connectivity index (χ2v) is 5.10. The van der Waals surface area contributed by atoms with Gasteiger partial charge in [-0.2, -0.15) is 0 Å². The van der Waals surface area contributed by atoms with E-state index in [-0.39, 0.29) is 0 Å². The van der Waals surface area contributed by atoms with Gasteiger partial charge in [-0.1, -0.05) is 18.2 Å². The summed E-state index contributed by atoms with van der Waals surface area (Å²) in [6.45, 7) is 6.79. The number of nitrogens with one attached hydrogen (secondary N) is 1. The standard InChI is InChI=1S/C19H25NO3/c1-4-22-18-11-8-16(12-19(18)23-5-2)14-20-13-15-6-9-17(21-3)10-7-15/h6-12,20H,4-5,13-14H2,1-3H3. The summed E-state index contributed by atoms with van der Waals surface area (Å²) in [5.74, 6) is 2.48. The quantitative estimate of drug-likeness (QED) is 0.764. The van der Waals surface area contributed by atoms with Gasteiger partial charge in [0.1, 0.15) is 5.75 Å². The zero-order chi connectivity index (χ0) is 16.5. The van der Waals surface area contributed by atoms with Crippen LogP contribution in [0.3, 0.4) is 0 Å². The van der Waals surface area contributed by atoms with Gasteiger partial charge in [0.25, 0.3) is 0 Å². The average molecular weight is 315 g/mol. The van der Waals surface area contributed by atoms with Crippen molar-refractivity contribution in [3.63, 3.8) is 0 Å². The topological polar surface area (TPSA) is 39.7 Å². The first-order valence-electron chi connectivity index (χ1n) is 7.99. The molecule has 0 saturated heterocycles. The predicted octanol–water partition coefficient (Wildman–Crippen LogP) is 3.78. The van der Waals surface area contributed by atoms with E-state index in [9.17, 15) is 0 Å². The lowest BCUT2D eigenvalue weighted by Crippen LogP contribution is -2.12. The molecule has 23 heavy (non-hydrogen) atoms. The van der Waals surface area contributed by atoms with Gasteiger partial charge in [-0.3, -0.25) is 0 Å². The Morgan fingerprint density at radius 1 is 0.783 bits per heavy atom. The highest BCUT2D eigenvalue weighted by atomic mass is 16.5. The van der Waals surface area contributed by atoms with Crippen molar-refractivity contribution in [1.82, 2.24) is 5.32 Å². The molecule has 0 spiro atoms. The Kier molecular flexibility index (Phi) is 6.76. The second-order valence-electron chi connectivity index (χ2n) is 5.10. The fourth-order valence-corrected chi connectivity index (χ4v) is 2.30. The summed E-state index contributed by atoms with van der Waals surface area (Å²) in [5, 5.41) is 3.44. The Balaban J connectivity index is 1.92. The second kappa shape index (κ2) is 9.06. The van der Waals surface area contributed by atoms with Gasteiger partial charge in [0.15, 0.2) is 11.5 Å². The molecule has 0 aliphatic rings. The molecule has 0 aliphatic carbocycles. The molecule has 2 rings (SSSR count). The number of benzene rings is 2. The molecule has 0 atom stereocenters. The minimum absolute atomic E-state index is 0.628. The molecule has 0 radical (unpaired) electrons. The van der Waals surface area contributed by atoms with Crippen LogP contribution in [-0.4, -0.2) is 20.3 Å². The molecule has 0 amide bonds. The van der Waals surface area contributed by atoms with E-state index in [2.05, 4.69) is 23.5 Å². The summed E-state index contributed by atoms with van der Waals surface area (Å²) in [4.78, 5) is 0. The highest BCUT2D eigenvalue weighted by Crippen LogP contribution is 2.28. The van der Waals surface area contributed by atoms with Gasteiger partial charge in [-0.25, -0.2) is 0 Å². The fourth-order valence-electron chi connectivity index (χ4n) is 2.30. The van der Waals surface area contributed by atoms with E-state index in [4.69, 9.17) is 14.2 Å². The summed E-state index contributed by atoms with van der Waals surface area (Å²) < 4.78 is 16.4. The van der Waals surface area contributed by atoms with Crippen LogP contribution in [0.2, 0.25) is 0 Å². The third-order valence-electron chi connectivity index (χ3n) is 3.43. The normalized spacial score (nSPS) is 10.4. The zero-order valence-corrected chi connectivity index (χ0v) is 14.1. The van der Waals surface area contributed by atoms with E-state index in [1.54, 1.807) is 7.11 Å². The summed E-state index contributed by atoms with van der Waals surface area (Å²) in [6, 6.07) is 14.1. The largest absolute Gasteiger partial charge is 0.497 e. The van der Waals surface area contributed by atoms with E-state index in [1.807, 2.05) is 38.1 Å². The third kappa shape index (κ3) is 5.18. The van der Waals surface area contributed by atoms with E-state index in [0.29, 0.717) is 13.2 Å². The lowest BCUT2D eigenvalue weighted by Gasteiger charge is -2.13. The smallest absolute Gasteiger partial charge is 0.161 e. The van der Waals surface area contributed by atoms with Gasteiger partial charge >= 0.3 is 0 Å². The van der Waals surface area contributed by atoms with Crippen LogP contribution in [0.25, 0.3) is 0 Å². The number of rotatable bonds is 9. The van der Waals surface area contributed by atoms with Crippen LogP contribution < -0.4 is 19.5 Å². The first kappa shape index (κ1) is 17.2. The Morgan fingerprint density at radius 3 is 2.04 bits per heavy atom. The van der Waals surface area contributed by atoms with Gasteiger partial charge < -0.3 is 19.5 Å². The fraction of sp³-hybridized carbons (Fsp3) is 0.368. The Bertz CT molecular complexity index is 596.